The number of nitrogens with zero attached hydrogens (tertiary/aromatic N) is 5. The molecule has 1 atom stereocenters. The summed E-state index contributed by atoms with van der Waals surface area (Å²) in [7, 11) is 1.85. The van der Waals surface area contributed by atoms with Crippen LogP contribution in [0.4, 0.5) is 5.95 Å². The number of anilines is 1. The molecular weight excluding hydrogens is 344 g/mol. The lowest BCUT2D eigenvalue weighted by atomic mass is 9.96. The van der Waals surface area contributed by atoms with Gasteiger partial charge in [0.25, 0.3) is 0 Å². The summed E-state index contributed by atoms with van der Waals surface area (Å²) in [5.74, 6) is 0.193. The van der Waals surface area contributed by atoms with Gasteiger partial charge in [-0.1, -0.05) is 30.3 Å². The number of nitrogens with one attached hydrogen (secondary N) is 1. The van der Waals surface area contributed by atoms with E-state index in [1.807, 2.05) is 57.4 Å². The molecule has 3 aromatic rings. The molecule has 27 heavy (non-hydrogen) atoms. The van der Waals surface area contributed by atoms with Gasteiger partial charge in [-0.3, -0.25) is 4.68 Å². The van der Waals surface area contributed by atoms with Crippen molar-refractivity contribution in [1.82, 2.24) is 24.5 Å². The van der Waals surface area contributed by atoms with E-state index in [1.54, 1.807) is 9.36 Å². The van der Waals surface area contributed by atoms with Crippen LogP contribution in [0.2, 0.25) is 0 Å². The molecule has 0 spiro atoms. The molecule has 0 bridgehead atoms. The van der Waals surface area contributed by atoms with Crippen molar-refractivity contribution in [3.05, 3.63) is 70.9 Å². The van der Waals surface area contributed by atoms with Crippen LogP contribution in [0, 0.1) is 6.92 Å². The van der Waals surface area contributed by atoms with Gasteiger partial charge in [0, 0.05) is 24.5 Å². The van der Waals surface area contributed by atoms with E-state index in [0.29, 0.717) is 17.2 Å². The fraction of sp³-hybridized carbons (Fsp3) is 0.263. The van der Waals surface area contributed by atoms with E-state index >= 15 is 0 Å². The number of carbonyl (C=O) groups is 1. The van der Waals surface area contributed by atoms with E-state index in [0.717, 1.165) is 16.8 Å². The second-order valence-corrected chi connectivity index (χ2v) is 6.50. The summed E-state index contributed by atoms with van der Waals surface area (Å²) in [6.07, 6.45) is 3.36. The minimum Gasteiger partial charge on any atom is -0.457 e. The topological polar surface area (TPSA) is 86.9 Å². The first-order valence-corrected chi connectivity index (χ1v) is 8.63. The zero-order valence-corrected chi connectivity index (χ0v) is 15.4. The number of rotatable bonds is 4. The summed E-state index contributed by atoms with van der Waals surface area (Å²) in [6, 6.07) is 9.16. The highest BCUT2D eigenvalue weighted by molar-refractivity contribution is 5.92. The van der Waals surface area contributed by atoms with Gasteiger partial charge >= 0.3 is 5.97 Å². The zero-order valence-electron chi connectivity index (χ0n) is 15.4. The fourth-order valence-corrected chi connectivity index (χ4v) is 3.33. The quantitative estimate of drug-likeness (QED) is 0.715. The highest BCUT2D eigenvalue weighted by atomic mass is 16.5. The molecule has 0 saturated heterocycles. The normalized spacial score (nSPS) is 16.0. The summed E-state index contributed by atoms with van der Waals surface area (Å²) >= 11 is 0. The van der Waals surface area contributed by atoms with Crippen molar-refractivity contribution in [3.63, 3.8) is 0 Å². The van der Waals surface area contributed by atoms with Crippen molar-refractivity contribution in [3.8, 4) is 0 Å². The van der Waals surface area contributed by atoms with Crippen LogP contribution in [-0.2, 0) is 23.2 Å². The fourth-order valence-electron chi connectivity index (χ4n) is 3.33. The van der Waals surface area contributed by atoms with E-state index in [1.165, 1.54) is 6.33 Å². The molecule has 0 radical (unpaired) electrons. The van der Waals surface area contributed by atoms with Gasteiger partial charge in [0.05, 0.1) is 11.3 Å². The van der Waals surface area contributed by atoms with Crippen LogP contribution in [-0.4, -0.2) is 30.5 Å². The number of esters is 1. The molecular formula is C19H20N6O2. The maximum absolute atomic E-state index is 13.0. The van der Waals surface area contributed by atoms with Crippen LogP contribution in [0.5, 0.6) is 0 Å². The zero-order chi connectivity index (χ0) is 19.0. The number of aryl methyl sites for hydroxylation is 2. The molecule has 0 aliphatic carbocycles. The average molecular weight is 364 g/mol. The number of allylic oxidation sites excluding steroid dienone is 1. The maximum atomic E-state index is 13.0. The van der Waals surface area contributed by atoms with Crippen molar-refractivity contribution in [2.75, 3.05) is 5.32 Å². The highest BCUT2D eigenvalue weighted by Gasteiger charge is 2.36. The van der Waals surface area contributed by atoms with Gasteiger partial charge in [0.15, 0.2) is 0 Å². The lowest BCUT2D eigenvalue weighted by Crippen LogP contribution is -2.29. The molecule has 0 unspecified atom stereocenters. The predicted octanol–water partition coefficient (Wildman–Crippen LogP) is 2.35. The molecule has 3 heterocycles. The Morgan fingerprint density at radius 3 is 2.74 bits per heavy atom. The van der Waals surface area contributed by atoms with E-state index in [9.17, 15) is 4.79 Å². The van der Waals surface area contributed by atoms with Crippen LogP contribution < -0.4 is 5.32 Å². The predicted molar refractivity (Wildman–Crippen MR) is 98.7 cm³/mol. The van der Waals surface area contributed by atoms with Crippen molar-refractivity contribution in [2.45, 2.75) is 26.5 Å². The Morgan fingerprint density at radius 2 is 2.04 bits per heavy atom. The van der Waals surface area contributed by atoms with Gasteiger partial charge in [-0.2, -0.15) is 15.2 Å². The molecule has 0 saturated carbocycles. The Labute approximate surface area is 156 Å². The van der Waals surface area contributed by atoms with Crippen LogP contribution in [0.25, 0.3) is 0 Å². The van der Waals surface area contributed by atoms with Crippen molar-refractivity contribution < 1.29 is 9.53 Å². The largest absolute Gasteiger partial charge is 0.457 e. The third kappa shape index (κ3) is 3.10. The van der Waals surface area contributed by atoms with E-state index in [-0.39, 0.29) is 6.61 Å². The third-order valence-corrected chi connectivity index (χ3v) is 4.57. The first kappa shape index (κ1) is 17.0. The minimum atomic E-state index is -0.444. The van der Waals surface area contributed by atoms with Crippen LogP contribution in [0.1, 0.15) is 29.8 Å². The number of fused-ring (bicyclic) bond motifs is 1. The highest BCUT2D eigenvalue weighted by Crippen LogP contribution is 2.36. The molecule has 1 aliphatic heterocycles. The number of carbonyl (C=O) groups excluding carboxylic acids is 1. The van der Waals surface area contributed by atoms with E-state index in [2.05, 4.69) is 20.5 Å². The Kier molecular flexibility index (Phi) is 4.23. The minimum absolute atomic E-state index is 0.208. The van der Waals surface area contributed by atoms with Crippen LogP contribution in [0.15, 0.2) is 54.1 Å². The van der Waals surface area contributed by atoms with Gasteiger partial charge in [0.1, 0.15) is 19.0 Å². The first-order chi connectivity index (χ1) is 13.0. The Bertz CT molecular complexity index is 1020. The smallest absolute Gasteiger partial charge is 0.338 e. The number of aromatic nitrogens is 5. The molecule has 2 aromatic heterocycles. The van der Waals surface area contributed by atoms with Gasteiger partial charge < -0.3 is 10.1 Å². The summed E-state index contributed by atoms with van der Waals surface area (Å²) in [5, 5.41) is 11.9. The Morgan fingerprint density at radius 1 is 1.26 bits per heavy atom. The molecule has 4 rings (SSSR count). The van der Waals surface area contributed by atoms with Gasteiger partial charge in [-0.25, -0.2) is 9.48 Å². The third-order valence-electron chi connectivity index (χ3n) is 4.57. The Hall–Kier alpha value is -3.42. The number of ether oxygens (including phenoxy) is 1. The molecule has 8 heteroatoms. The van der Waals surface area contributed by atoms with Gasteiger partial charge in [-0.05, 0) is 19.4 Å². The molecule has 1 aromatic carbocycles. The van der Waals surface area contributed by atoms with Crippen molar-refractivity contribution in [1.29, 1.82) is 0 Å². The number of hydrogen-bond donors (Lipinski definition) is 1. The van der Waals surface area contributed by atoms with Crippen molar-refractivity contribution in [2.24, 2.45) is 7.05 Å². The Balaban J connectivity index is 1.70. The van der Waals surface area contributed by atoms with Gasteiger partial charge in [-0.15, -0.1) is 0 Å². The average Bonchev–Trinajstić information content (AvgIpc) is 3.25. The van der Waals surface area contributed by atoms with E-state index in [4.69, 9.17) is 4.74 Å². The second kappa shape index (κ2) is 6.71. The standard InChI is InChI=1S/C19H20N6O2/c1-12-15(9-24(3)23-12)17-16(13(2)22-19-20-11-21-25(17)19)18(26)27-10-14-7-5-4-6-8-14/h4-9,11,17H,10H2,1-3H3,(H,20,21,22)/t17-/m0/s1. The summed E-state index contributed by atoms with van der Waals surface area (Å²) in [4.78, 5) is 17.2. The molecule has 0 fully saturated rings. The maximum Gasteiger partial charge on any atom is 0.338 e. The SMILES string of the molecule is CC1=C(C(=O)OCc2ccccc2)[C@H](c2cn(C)nc2C)n2ncnc2N1. The summed E-state index contributed by atoms with van der Waals surface area (Å²) in [6.45, 7) is 3.96. The lowest BCUT2D eigenvalue weighted by molar-refractivity contribution is -0.140. The van der Waals surface area contributed by atoms with Crippen LogP contribution in [0.3, 0.4) is 0 Å². The van der Waals surface area contributed by atoms with Crippen LogP contribution >= 0.6 is 0 Å². The molecule has 1 N–H and O–H groups in total. The molecule has 1 aliphatic rings. The van der Waals surface area contributed by atoms with Gasteiger partial charge in [0.2, 0.25) is 5.95 Å². The van der Waals surface area contributed by atoms with E-state index < -0.39 is 12.0 Å². The van der Waals surface area contributed by atoms with Crippen molar-refractivity contribution >= 4 is 11.9 Å². The molecule has 0 amide bonds. The molecule has 138 valence electrons. The first-order valence-electron chi connectivity index (χ1n) is 8.63. The number of benzene rings is 1. The summed E-state index contributed by atoms with van der Waals surface area (Å²) < 4.78 is 9.02. The second-order valence-electron chi connectivity index (χ2n) is 6.50. The molecule has 8 nitrogen and oxygen atoms in total. The lowest BCUT2D eigenvalue weighted by Gasteiger charge is -2.27. The monoisotopic (exact) mass is 364 g/mol. The summed E-state index contributed by atoms with van der Waals surface area (Å²) in [5.41, 5.74) is 3.84. The number of hydrogen-bond acceptors (Lipinski definition) is 6.